The zero-order valence-corrected chi connectivity index (χ0v) is 13.9. The highest BCUT2D eigenvalue weighted by atomic mass is 35.5. The van der Waals surface area contributed by atoms with Crippen LogP contribution >= 0.6 is 12.4 Å². The number of hydrogen-bond acceptors (Lipinski definition) is 3. The quantitative estimate of drug-likeness (QED) is 0.814. The van der Waals surface area contributed by atoms with Gasteiger partial charge < -0.3 is 10.6 Å². The van der Waals surface area contributed by atoms with Crippen LogP contribution in [0.25, 0.3) is 0 Å². The van der Waals surface area contributed by atoms with E-state index in [-0.39, 0.29) is 23.9 Å². The highest BCUT2D eigenvalue weighted by Crippen LogP contribution is 2.28. The van der Waals surface area contributed by atoms with E-state index in [1.165, 1.54) is 32.2 Å². The van der Waals surface area contributed by atoms with Crippen LogP contribution in [0, 0.1) is 5.92 Å². The van der Waals surface area contributed by atoms with Crippen molar-refractivity contribution in [2.24, 2.45) is 5.92 Å². The predicted octanol–water partition coefficient (Wildman–Crippen LogP) is 1.79. The van der Waals surface area contributed by atoms with E-state index in [0.717, 1.165) is 19.0 Å². The fraction of sp³-hybridized carbons (Fsp3) is 0.933. The molecule has 0 aromatic carbocycles. The van der Waals surface area contributed by atoms with Crippen molar-refractivity contribution in [1.82, 2.24) is 15.5 Å². The fourth-order valence-electron chi connectivity index (χ4n) is 2.61. The van der Waals surface area contributed by atoms with Crippen LogP contribution < -0.4 is 10.6 Å². The Kier molecular flexibility index (Phi) is 6.76. The van der Waals surface area contributed by atoms with Crippen molar-refractivity contribution < 1.29 is 4.79 Å². The summed E-state index contributed by atoms with van der Waals surface area (Å²) in [7, 11) is 0. The lowest BCUT2D eigenvalue weighted by Gasteiger charge is -2.32. The maximum atomic E-state index is 11.9. The number of carbonyl (C=O) groups excluding carboxylic acids is 1. The molecule has 1 heterocycles. The van der Waals surface area contributed by atoms with E-state index < -0.39 is 0 Å². The van der Waals surface area contributed by atoms with Crippen molar-refractivity contribution in [3.05, 3.63) is 0 Å². The van der Waals surface area contributed by atoms with Crippen LogP contribution in [-0.4, -0.2) is 48.6 Å². The van der Waals surface area contributed by atoms with Gasteiger partial charge in [0.1, 0.15) is 0 Å². The molecule has 1 saturated heterocycles. The van der Waals surface area contributed by atoms with Gasteiger partial charge in [-0.15, -0.1) is 12.4 Å². The molecule has 0 atom stereocenters. The molecule has 1 amide bonds. The van der Waals surface area contributed by atoms with Gasteiger partial charge in [0, 0.05) is 24.7 Å². The Morgan fingerprint density at radius 3 is 2.25 bits per heavy atom. The van der Waals surface area contributed by atoms with E-state index in [1.54, 1.807) is 0 Å². The molecule has 0 radical (unpaired) electrons. The molecule has 118 valence electrons. The van der Waals surface area contributed by atoms with E-state index in [9.17, 15) is 4.79 Å². The molecule has 4 nitrogen and oxygen atoms in total. The highest BCUT2D eigenvalue weighted by molar-refractivity contribution is 5.85. The van der Waals surface area contributed by atoms with Gasteiger partial charge in [0.05, 0.1) is 6.54 Å². The van der Waals surface area contributed by atoms with Gasteiger partial charge >= 0.3 is 0 Å². The van der Waals surface area contributed by atoms with Crippen molar-refractivity contribution in [1.29, 1.82) is 0 Å². The van der Waals surface area contributed by atoms with Gasteiger partial charge in [0.15, 0.2) is 0 Å². The van der Waals surface area contributed by atoms with Crippen molar-refractivity contribution >= 4 is 18.3 Å². The van der Waals surface area contributed by atoms with Gasteiger partial charge in [0.2, 0.25) is 5.91 Å². The molecule has 0 aromatic rings. The average molecular weight is 304 g/mol. The Bertz CT molecular complexity index is 305. The van der Waals surface area contributed by atoms with E-state index in [2.05, 4.69) is 15.5 Å². The van der Waals surface area contributed by atoms with E-state index in [1.807, 2.05) is 20.8 Å². The lowest BCUT2D eigenvalue weighted by Crippen LogP contribution is -2.49. The first-order valence-corrected chi connectivity index (χ1v) is 7.69. The smallest absolute Gasteiger partial charge is 0.234 e. The summed E-state index contributed by atoms with van der Waals surface area (Å²) in [6.07, 6.45) is 5.18. The minimum absolute atomic E-state index is 0. The van der Waals surface area contributed by atoms with Crippen LogP contribution in [0.4, 0.5) is 0 Å². The van der Waals surface area contributed by atoms with Gasteiger partial charge in [-0.25, -0.2) is 0 Å². The fourth-order valence-corrected chi connectivity index (χ4v) is 2.61. The molecule has 0 bridgehead atoms. The van der Waals surface area contributed by atoms with Gasteiger partial charge in [-0.2, -0.15) is 0 Å². The molecule has 0 unspecified atom stereocenters. The van der Waals surface area contributed by atoms with Crippen LogP contribution in [0.15, 0.2) is 0 Å². The Balaban J connectivity index is 0.00000200. The number of nitrogens with zero attached hydrogens (tertiary/aromatic N) is 1. The first-order valence-electron chi connectivity index (χ1n) is 7.69. The van der Waals surface area contributed by atoms with E-state index in [4.69, 9.17) is 0 Å². The molecular formula is C15H30ClN3O. The number of likely N-dealkylation sites (tertiary alicyclic amines) is 1. The van der Waals surface area contributed by atoms with Gasteiger partial charge in [0.25, 0.3) is 0 Å². The summed E-state index contributed by atoms with van der Waals surface area (Å²) in [4.78, 5) is 14.1. The normalized spacial score (nSPS) is 21.4. The number of amides is 1. The van der Waals surface area contributed by atoms with E-state index in [0.29, 0.717) is 12.6 Å². The molecule has 5 heteroatoms. The lowest BCUT2D eigenvalue weighted by molar-refractivity contribution is -0.123. The summed E-state index contributed by atoms with van der Waals surface area (Å²) in [6.45, 7) is 9.92. The molecule has 2 rings (SSSR count). The molecular weight excluding hydrogens is 274 g/mol. The monoisotopic (exact) mass is 303 g/mol. The highest BCUT2D eigenvalue weighted by Gasteiger charge is 2.25. The van der Waals surface area contributed by atoms with Crippen LogP contribution in [0.5, 0.6) is 0 Å². The van der Waals surface area contributed by atoms with Crippen LogP contribution in [0.2, 0.25) is 0 Å². The minimum atomic E-state index is -0.124. The Morgan fingerprint density at radius 1 is 1.15 bits per heavy atom. The zero-order valence-electron chi connectivity index (χ0n) is 13.1. The van der Waals surface area contributed by atoms with Gasteiger partial charge in [-0.1, -0.05) is 0 Å². The van der Waals surface area contributed by atoms with Crippen molar-refractivity contribution in [2.45, 2.75) is 58.0 Å². The third-order valence-electron chi connectivity index (χ3n) is 3.86. The second-order valence-electron chi connectivity index (χ2n) is 7.20. The zero-order chi connectivity index (χ0) is 13.9. The van der Waals surface area contributed by atoms with E-state index >= 15 is 0 Å². The molecule has 0 spiro atoms. The Labute approximate surface area is 129 Å². The molecule has 2 N–H and O–H groups in total. The summed E-state index contributed by atoms with van der Waals surface area (Å²) in [6, 6.07) is 0.669. The Hall–Kier alpha value is -0.320. The number of piperidine rings is 1. The average Bonchev–Trinajstić information content (AvgIpc) is 3.09. The van der Waals surface area contributed by atoms with Crippen molar-refractivity contribution in [2.75, 3.05) is 26.2 Å². The number of halogens is 1. The first-order chi connectivity index (χ1) is 8.92. The first kappa shape index (κ1) is 17.7. The van der Waals surface area contributed by atoms with Gasteiger partial charge in [-0.05, 0) is 58.9 Å². The standard InChI is InChI=1S/C15H29N3O.ClH/c1-15(2,3)17-14(19)11-18-8-6-13(7-9-18)16-10-12-4-5-12;/h12-13,16H,4-11H2,1-3H3,(H,17,19);1H. The molecule has 1 aliphatic carbocycles. The molecule has 1 aliphatic heterocycles. The Morgan fingerprint density at radius 2 is 1.75 bits per heavy atom. The number of carbonyl (C=O) groups is 1. The molecule has 2 fully saturated rings. The lowest BCUT2D eigenvalue weighted by atomic mass is 10.0. The number of nitrogens with one attached hydrogen (secondary N) is 2. The molecule has 2 aliphatic rings. The van der Waals surface area contributed by atoms with Crippen LogP contribution in [0.3, 0.4) is 0 Å². The number of hydrogen-bond donors (Lipinski definition) is 2. The number of rotatable bonds is 5. The van der Waals surface area contributed by atoms with Crippen LogP contribution in [-0.2, 0) is 4.79 Å². The largest absolute Gasteiger partial charge is 0.350 e. The second-order valence-corrected chi connectivity index (χ2v) is 7.20. The molecule has 1 saturated carbocycles. The predicted molar refractivity (Wildman–Crippen MR) is 85.3 cm³/mol. The molecule has 0 aromatic heterocycles. The summed E-state index contributed by atoms with van der Waals surface area (Å²) in [5, 5.41) is 6.70. The third kappa shape index (κ3) is 6.91. The second kappa shape index (κ2) is 7.62. The van der Waals surface area contributed by atoms with Crippen LogP contribution in [0.1, 0.15) is 46.5 Å². The maximum absolute atomic E-state index is 11.9. The topological polar surface area (TPSA) is 44.4 Å². The summed E-state index contributed by atoms with van der Waals surface area (Å²) < 4.78 is 0. The summed E-state index contributed by atoms with van der Waals surface area (Å²) >= 11 is 0. The minimum Gasteiger partial charge on any atom is -0.350 e. The summed E-state index contributed by atoms with van der Waals surface area (Å²) in [5.41, 5.74) is -0.124. The third-order valence-corrected chi connectivity index (χ3v) is 3.86. The van der Waals surface area contributed by atoms with Crippen molar-refractivity contribution in [3.8, 4) is 0 Å². The van der Waals surface area contributed by atoms with Crippen molar-refractivity contribution in [3.63, 3.8) is 0 Å². The summed E-state index contributed by atoms with van der Waals surface area (Å²) in [5.74, 6) is 1.10. The SMILES string of the molecule is CC(C)(C)NC(=O)CN1CCC(NCC2CC2)CC1.Cl. The molecule has 20 heavy (non-hydrogen) atoms. The van der Waals surface area contributed by atoms with Gasteiger partial charge in [-0.3, -0.25) is 9.69 Å². The maximum Gasteiger partial charge on any atom is 0.234 e.